The minimum Gasteiger partial charge on any atom is -0.303 e. The van der Waals surface area contributed by atoms with Crippen LogP contribution in [0.4, 0.5) is 0 Å². The molecule has 1 aromatic carbocycles. The second-order valence-electron chi connectivity index (χ2n) is 3.34. The Labute approximate surface area is 92.9 Å². The van der Waals surface area contributed by atoms with Crippen LogP contribution >= 0.6 is 11.6 Å². The molecule has 0 amide bonds. The Morgan fingerprint density at radius 1 is 1.33 bits per heavy atom. The van der Waals surface area contributed by atoms with E-state index in [0.29, 0.717) is 18.0 Å². The van der Waals surface area contributed by atoms with Crippen molar-refractivity contribution in [2.24, 2.45) is 0 Å². The van der Waals surface area contributed by atoms with Crippen LogP contribution in [0.15, 0.2) is 30.3 Å². The molecule has 15 heavy (non-hydrogen) atoms. The third kappa shape index (κ3) is 2.16. The molecule has 0 aliphatic heterocycles. The second-order valence-corrected chi connectivity index (χ2v) is 3.69. The number of carbonyl (C=O) groups is 1. The minimum absolute atomic E-state index is 0.486. The fourth-order valence-corrected chi connectivity index (χ4v) is 1.77. The van der Waals surface area contributed by atoms with E-state index in [2.05, 4.69) is 4.98 Å². The van der Waals surface area contributed by atoms with Crippen molar-refractivity contribution in [3.8, 4) is 0 Å². The number of benzene rings is 1. The monoisotopic (exact) mass is 219 g/mol. The van der Waals surface area contributed by atoms with Crippen LogP contribution in [0, 0.1) is 0 Å². The Morgan fingerprint density at radius 2 is 2.13 bits per heavy atom. The smallest absolute Gasteiger partial charge is 0.132 e. The maximum atomic E-state index is 10.3. The first kappa shape index (κ1) is 10.1. The molecule has 0 spiro atoms. The number of carbonyl (C=O) groups excluding carboxylic acids is 1. The Bertz CT molecular complexity index is 496. The van der Waals surface area contributed by atoms with Crippen LogP contribution in [0.3, 0.4) is 0 Å². The molecule has 0 radical (unpaired) electrons. The highest BCUT2D eigenvalue weighted by Crippen LogP contribution is 2.21. The lowest BCUT2D eigenvalue weighted by Crippen LogP contribution is -1.91. The van der Waals surface area contributed by atoms with Crippen LogP contribution in [0.25, 0.3) is 10.9 Å². The van der Waals surface area contributed by atoms with Gasteiger partial charge in [0.15, 0.2) is 0 Å². The molecular weight excluding hydrogens is 210 g/mol. The average molecular weight is 220 g/mol. The topological polar surface area (TPSA) is 30.0 Å². The highest BCUT2D eigenvalue weighted by atomic mass is 35.5. The number of fused-ring (bicyclic) bond motifs is 1. The molecule has 0 unspecified atom stereocenters. The van der Waals surface area contributed by atoms with E-state index >= 15 is 0 Å². The van der Waals surface area contributed by atoms with E-state index in [0.717, 1.165) is 22.8 Å². The van der Waals surface area contributed by atoms with Crippen molar-refractivity contribution in [3.63, 3.8) is 0 Å². The molecule has 2 rings (SSSR count). The summed E-state index contributed by atoms with van der Waals surface area (Å²) in [7, 11) is 0. The summed E-state index contributed by atoms with van der Waals surface area (Å²) >= 11 is 6.01. The summed E-state index contributed by atoms with van der Waals surface area (Å²) in [6, 6.07) is 9.79. The van der Waals surface area contributed by atoms with Gasteiger partial charge in [-0.05, 0) is 24.1 Å². The summed E-state index contributed by atoms with van der Waals surface area (Å²) in [5.74, 6) is 0. The summed E-state index contributed by atoms with van der Waals surface area (Å²) < 4.78 is 0. The van der Waals surface area contributed by atoms with E-state index in [1.165, 1.54) is 0 Å². The fourth-order valence-electron chi connectivity index (χ4n) is 1.53. The van der Waals surface area contributed by atoms with E-state index < -0.39 is 0 Å². The Kier molecular flexibility index (Phi) is 2.97. The predicted octanol–water partition coefficient (Wildman–Crippen LogP) is 3.02. The van der Waals surface area contributed by atoms with Gasteiger partial charge in [0.05, 0.1) is 5.52 Å². The fraction of sp³-hybridized carbons (Fsp3) is 0.167. The Hall–Kier alpha value is -1.41. The first-order valence-corrected chi connectivity index (χ1v) is 5.17. The van der Waals surface area contributed by atoms with Gasteiger partial charge in [-0.1, -0.05) is 29.8 Å². The van der Waals surface area contributed by atoms with E-state index in [1.54, 1.807) is 0 Å². The van der Waals surface area contributed by atoms with Gasteiger partial charge < -0.3 is 4.79 Å². The number of aryl methyl sites for hydroxylation is 1. The van der Waals surface area contributed by atoms with E-state index in [9.17, 15) is 4.79 Å². The molecule has 1 heterocycles. The van der Waals surface area contributed by atoms with Crippen molar-refractivity contribution < 1.29 is 4.79 Å². The van der Waals surface area contributed by atoms with Gasteiger partial charge in [-0.15, -0.1) is 0 Å². The summed E-state index contributed by atoms with van der Waals surface area (Å²) in [5, 5.41) is 1.55. The molecule has 0 atom stereocenters. The van der Waals surface area contributed by atoms with Crippen LogP contribution in [-0.4, -0.2) is 11.3 Å². The third-order valence-corrected chi connectivity index (χ3v) is 2.61. The zero-order chi connectivity index (χ0) is 10.7. The molecular formula is C12H10ClNO. The summed E-state index contributed by atoms with van der Waals surface area (Å²) in [6.45, 7) is 0. The van der Waals surface area contributed by atoms with E-state index in [-0.39, 0.29) is 0 Å². The number of aromatic nitrogens is 1. The lowest BCUT2D eigenvalue weighted by atomic mass is 10.1. The molecule has 0 N–H and O–H groups in total. The molecule has 0 bridgehead atoms. The van der Waals surface area contributed by atoms with E-state index in [4.69, 9.17) is 11.6 Å². The summed E-state index contributed by atoms with van der Waals surface area (Å²) in [4.78, 5) is 14.6. The van der Waals surface area contributed by atoms with Gasteiger partial charge >= 0.3 is 0 Å². The maximum Gasteiger partial charge on any atom is 0.132 e. The maximum absolute atomic E-state index is 10.3. The molecule has 0 aliphatic carbocycles. The second kappa shape index (κ2) is 4.41. The molecule has 2 aromatic rings. The molecule has 0 aliphatic rings. The number of hydrogen-bond donors (Lipinski definition) is 0. The molecule has 0 fully saturated rings. The summed E-state index contributed by atoms with van der Waals surface area (Å²) in [6.07, 6.45) is 2.03. The SMILES string of the molecule is O=CCCc1cc2ccccc2nc1Cl. The first-order valence-electron chi connectivity index (χ1n) is 4.79. The van der Waals surface area contributed by atoms with Crippen LogP contribution in [0.1, 0.15) is 12.0 Å². The third-order valence-electron chi connectivity index (χ3n) is 2.28. The van der Waals surface area contributed by atoms with Gasteiger partial charge in [-0.25, -0.2) is 4.98 Å². The first-order chi connectivity index (χ1) is 7.31. The minimum atomic E-state index is 0.486. The normalized spacial score (nSPS) is 10.5. The molecule has 0 saturated carbocycles. The van der Waals surface area contributed by atoms with Crippen molar-refractivity contribution in [2.45, 2.75) is 12.8 Å². The number of rotatable bonds is 3. The lowest BCUT2D eigenvalue weighted by molar-refractivity contribution is -0.107. The van der Waals surface area contributed by atoms with Crippen LogP contribution in [0.5, 0.6) is 0 Å². The number of pyridine rings is 1. The largest absolute Gasteiger partial charge is 0.303 e. The van der Waals surface area contributed by atoms with Crippen LogP contribution in [-0.2, 0) is 11.2 Å². The van der Waals surface area contributed by atoms with E-state index in [1.807, 2.05) is 30.3 Å². The number of nitrogens with zero attached hydrogens (tertiary/aromatic N) is 1. The Morgan fingerprint density at radius 3 is 2.93 bits per heavy atom. The highest BCUT2D eigenvalue weighted by molar-refractivity contribution is 6.30. The van der Waals surface area contributed by atoms with Crippen LogP contribution < -0.4 is 0 Å². The zero-order valence-electron chi connectivity index (χ0n) is 8.11. The average Bonchev–Trinajstić information content (AvgIpc) is 2.26. The summed E-state index contributed by atoms with van der Waals surface area (Å²) in [5.41, 5.74) is 1.82. The quantitative estimate of drug-likeness (QED) is 0.587. The van der Waals surface area contributed by atoms with Crippen molar-refractivity contribution >= 4 is 28.8 Å². The number of aldehydes is 1. The number of hydrogen-bond acceptors (Lipinski definition) is 2. The van der Waals surface area contributed by atoms with Gasteiger partial charge in [0.2, 0.25) is 0 Å². The number of halogens is 1. The molecule has 1 aromatic heterocycles. The molecule has 76 valence electrons. The van der Waals surface area contributed by atoms with Gasteiger partial charge in [0.1, 0.15) is 11.4 Å². The Balaban J connectivity index is 2.47. The standard InChI is InChI=1S/C12H10ClNO/c13-12-10(5-3-7-15)8-9-4-1-2-6-11(9)14-12/h1-2,4,6-8H,3,5H2. The predicted molar refractivity (Wildman–Crippen MR) is 61.1 cm³/mol. The van der Waals surface area contributed by atoms with Crippen LogP contribution in [0.2, 0.25) is 5.15 Å². The van der Waals surface area contributed by atoms with Gasteiger partial charge in [0, 0.05) is 11.8 Å². The molecule has 2 nitrogen and oxygen atoms in total. The lowest BCUT2D eigenvalue weighted by Gasteiger charge is -2.03. The van der Waals surface area contributed by atoms with Gasteiger partial charge in [0.25, 0.3) is 0 Å². The van der Waals surface area contributed by atoms with Crippen molar-refractivity contribution in [3.05, 3.63) is 41.0 Å². The molecule has 0 saturated heterocycles. The van der Waals surface area contributed by atoms with Crippen molar-refractivity contribution in [1.29, 1.82) is 0 Å². The highest BCUT2D eigenvalue weighted by Gasteiger charge is 2.03. The molecule has 3 heteroatoms. The van der Waals surface area contributed by atoms with Gasteiger partial charge in [-0.3, -0.25) is 0 Å². The zero-order valence-corrected chi connectivity index (χ0v) is 8.87. The van der Waals surface area contributed by atoms with Crippen molar-refractivity contribution in [2.75, 3.05) is 0 Å². The van der Waals surface area contributed by atoms with Crippen molar-refractivity contribution in [1.82, 2.24) is 4.98 Å². The van der Waals surface area contributed by atoms with Gasteiger partial charge in [-0.2, -0.15) is 0 Å². The number of para-hydroxylation sites is 1.